The zero-order valence-electron chi connectivity index (χ0n) is 23.0. The maximum atomic E-state index is 5.93. The molecule has 1 unspecified atom stereocenters. The van der Waals surface area contributed by atoms with Gasteiger partial charge in [-0.05, 0) is 59.0 Å². The van der Waals surface area contributed by atoms with E-state index in [1.165, 1.54) is 103 Å². The van der Waals surface area contributed by atoms with Crippen LogP contribution in [0.2, 0.25) is 0 Å². The normalized spacial score (nSPS) is 13.1. The van der Waals surface area contributed by atoms with Crippen LogP contribution in [0.4, 0.5) is 0 Å². The average Bonchev–Trinajstić information content (AvgIpc) is 2.81. The Hall–Kier alpha value is -0.640. The van der Waals surface area contributed by atoms with E-state index < -0.39 is 0 Å². The van der Waals surface area contributed by atoms with E-state index in [4.69, 9.17) is 9.47 Å². The molecule has 0 saturated heterocycles. The molecule has 0 aliphatic rings. The van der Waals surface area contributed by atoms with Crippen LogP contribution < -0.4 is 0 Å². The lowest BCUT2D eigenvalue weighted by Gasteiger charge is -2.24. The zero-order valence-corrected chi connectivity index (χ0v) is 23.0. The summed E-state index contributed by atoms with van der Waals surface area (Å²) in [5, 5.41) is 0. The molecule has 0 aromatic rings. The molecule has 0 N–H and O–H groups in total. The topological polar surface area (TPSA) is 21.7 Å². The van der Waals surface area contributed by atoms with Crippen molar-refractivity contribution in [2.45, 2.75) is 129 Å². The number of likely N-dealkylation sites (N-methyl/N-ethyl adjacent to an activating group) is 1. The zero-order chi connectivity index (χ0) is 24.2. The fourth-order valence-corrected chi connectivity index (χ4v) is 3.79. The standard InChI is InChI=1S/C30H59NO2/c1-5-7-9-10-11-12-13-14-15-16-17-18-19-20-21-22-23-25-27-33-29-30(31(3)4)28-32-26-24-8-6-2/h11-12,14-15,30H,5-10,13,16-29H2,1-4H3/b12-11-,15-14-. The fraction of sp³-hybridized carbons (Fsp3) is 0.867. The summed E-state index contributed by atoms with van der Waals surface area (Å²) in [6.45, 7) is 7.82. The third-order valence-electron chi connectivity index (χ3n) is 6.23. The van der Waals surface area contributed by atoms with Gasteiger partial charge in [0, 0.05) is 13.2 Å². The van der Waals surface area contributed by atoms with Gasteiger partial charge in [0.05, 0.1) is 19.3 Å². The predicted octanol–water partition coefficient (Wildman–Crippen LogP) is 8.73. The van der Waals surface area contributed by atoms with Gasteiger partial charge in [0.15, 0.2) is 0 Å². The van der Waals surface area contributed by atoms with Crippen molar-refractivity contribution in [2.24, 2.45) is 0 Å². The molecular formula is C30H59NO2. The van der Waals surface area contributed by atoms with Gasteiger partial charge in [-0.2, -0.15) is 0 Å². The summed E-state index contributed by atoms with van der Waals surface area (Å²) in [5.74, 6) is 0. The smallest absolute Gasteiger partial charge is 0.0644 e. The van der Waals surface area contributed by atoms with Crippen LogP contribution >= 0.6 is 0 Å². The van der Waals surface area contributed by atoms with Crippen molar-refractivity contribution in [2.75, 3.05) is 40.5 Å². The summed E-state index contributed by atoms with van der Waals surface area (Å²) in [4.78, 5) is 2.22. The molecule has 0 spiro atoms. The van der Waals surface area contributed by atoms with Crippen molar-refractivity contribution < 1.29 is 9.47 Å². The molecule has 0 bridgehead atoms. The summed E-state index contributed by atoms with van der Waals surface area (Å²) in [6, 6.07) is 0.369. The van der Waals surface area contributed by atoms with Gasteiger partial charge in [-0.15, -0.1) is 0 Å². The number of nitrogens with zero attached hydrogens (tertiary/aromatic N) is 1. The molecule has 3 nitrogen and oxygen atoms in total. The first-order valence-electron chi connectivity index (χ1n) is 14.3. The van der Waals surface area contributed by atoms with Crippen LogP contribution in [-0.2, 0) is 9.47 Å². The predicted molar refractivity (Wildman–Crippen MR) is 147 cm³/mol. The first kappa shape index (κ1) is 32.4. The highest BCUT2D eigenvalue weighted by atomic mass is 16.5. The van der Waals surface area contributed by atoms with E-state index in [1.807, 2.05) is 0 Å². The van der Waals surface area contributed by atoms with E-state index >= 15 is 0 Å². The van der Waals surface area contributed by atoms with Gasteiger partial charge < -0.3 is 14.4 Å². The minimum absolute atomic E-state index is 0.369. The van der Waals surface area contributed by atoms with Crippen LogP contribution in [-0.4, -0.2) is 51.5 Å². The molecule has 0 rings (SSSR count). The molecule has 0 radical (unpaired) electrons. The Bertz CT molecular complexity index is 420. The Balaban J connectivity index is 3.37. The van der Waals surface area contributed by atoms with Crippen molar-refractivity contribution >= 4 is 0 Å². The molecule has 0 amide bonds. The molecule has 0 aliphatic heterocycles. The quantitative estimate of drug-likeness (QED) is 0.0941. The van der Waals surface area contributed by atoms with E-state index in [0.29, 0.717) is 6.04 Å². The van der Waals surface area contributed by atoms with Crippen LogP contribution in [0.3, 0.4) is 0 Å². The van der Waals surface area contributed by atoms with E-state index in [2.05, 4.69) is 57.1 Å². The molecule has 1 atom stereocenters. The molecule has 0 aromatic carbocycles. The molecule has 0 heterocycles. The fourth-order valence-electron chi connectivity index (χ4n) is 3.79. The van der Waals surface area contributed by atoms with E-state index in [-0.39, 0.29) is 0 Å². The summed E-state index contributed by atoms with van der Waals surface area (Å²) in [6.07, 6.45) is 31.4. The Morgan fingerprint density at radius 3 is 1.48 bits per heavy atom. The Morgan fingerprint density at radius 2 is 0.970 bits per heavy atom. The van der Waals surface area contributed by atoms with Crippen molar-refractivity contribution in [3.05, 3.63) is 24.3 Å². The van der Waals surface area contributed by atoms with Gasteiger partial charge in [-0.3, -0.25) is 0 Å². The Labute approximate surface area is 208 Å². The Kier molecular flexibility index (Phi) is 27.1. The van der Waals surface area contributed by atoms with Gasteiger partial charge in [-0.25, -0.2) is 0 Å². The maximum absolute atomic E-state index is 5.93. The first-order valence-corrected chi connectivity index (χ1v) is 14.3. The Morgan fingerprint density at radius 1 is 0.545 bits per heavy atom. The van der Waals surface area contributed by atoms with Crippen LogP contribution in [0.5, 0.6) is 0 Å². The molecule has 0 fully saturated rings. The lowest BCUT2D eigenvalue weighted by atomic mass is 10.1. The van der Waals surface area contributed by atoms with Crippen LogP contribution in [0, 0.1) is 0 Å². The van der Waals surface area contributed by atoms with E-state index in [9.17, 15) is 0 Å². The second-order valence-electron chi connectivity index (χ2n) is 9.77. The van der Waals surface area contributed by atoms with Gasteiger partial charge in [0.2, 0.25) is 0 Å². The van der Waals surface area contributed by atoms with Gasteiger partial charge >= 0.3 is 0 Å². The number of unbranched alkanes of at least 4 members (excludes halogenated alkanes) is 13. The van der Waals surface area contributed by atoms with Crippen molar-refractivity contribution in [1.29, 1.82) is 0 Å². The number of allylic oxidation sites excluding steroid dienone is 4. The monoisotopic (exact) mass is 465 g/mol. The lowest BCUT2D eigenvalue weighted by molar-refractivity contribution is 0.0198. The van der Waals surface area contributed by atoms with Crippen LogP contribution in [0.1, 0.15) is 123 Å². The second kappa shape index (κ2) is 27.6. The third kappa shape index (κ3) is 25.8. The molecule has 0 aromatic heterocycles. The largest absolute Gasteiger partial charge is 0.380 e. The van der Waals surface area contributed by atoms with Crippen molar-refractivity contribution in [3.63, 3.8) is 0 Å². The highest BCUT2D eigenvalue weighted by molar-refractivity contribution is 4.92. The molecule has 0 saturated carbocycles. The highest BCUT2D eigenvalue weighted by Gasteiger charge is 2.11. The molecule has 3 heteroatoms. The van der Waals surface area contributed by atoms with Crippen molar-refractivity contribution in [1.82, 2.24) is 4.90 Å². The molecular weight excluding hydrogens is 406 g/mol. The van der Waals surface area contributed by atoms with E-state index in [0.717, 1.165) is 32.8 Å². The summed E-state index contributed by atoms with van der Waals surface area (Å²) in [7, 11) is 4.24. The number of hydrogen-bond acceptors (Lipinski definition) is 3. The van der Waals surface area contributed by atoms with Crippen LogP contribution in [0.25, 0.3) is 0 Å². The average molecular weight is 466 g/mol. The highest BCUT2D eigenvalue weighted by Crippen LogP contribution is 2.10. The first-order chi connectivity index (χ1) is 16.2. The van der Waals surface area contributed by atoms with Gasteiger partial charge in [-0.1, -0.05) is 102 Å². The van der Waals surface area contributed by atoms with Gasteiger partial charge in [0.25, 0.3) is 0 Å². The van der Waals surface area contributed by atoms with Crippen molar-refractivity contribution in [3.8, 4) is 0 Å². The van der Waals surface area contributed by atoms with Crippen LogP contribution in [0.15, 0.2) is 24.3 Å². The van der Waals surface area contributed by atoms with E-state index in [1.54, 1.807) is 0 Å². The summed E-state index contributed by atoms with van der Waals surface area (Å²) >= 11 is 0. The number of rotatable bonds is 26. The maximum Gasteiger partial charge on any atom is 0.0644 e. The summed E-state index contributed by atoms with van der Waals surface area (Å²) < 4.78 is 11.8. The SMILES string of the molecule is CCCCC/C=C\C/C=C\CCCCCCCCCCOCC(COCCCCC)N(C)C. The molecule has 196 valence electrons. The minimum Gasteiger partial charge on any atom is -0.380 e. The number of hydrogen-bond donors (Lipinski definition) is 0. The number of ether oxygens (including phenoxy) is 2. The molecule has 0 aliphatic carbocycles. The third-order valence-corrected chi connectivity index (χ3v) is 6.23. The summed E-state index contributed by atoms with van der Waals surface area (Å²) in [5.41, 5.74) is 0. The minimum atomic E-state index is 0.369. The van der Waals surface area contributed by atoms with Gasteiger partial charge in [0.1, 0.15) is 0 Å². The molecule has 33 heavy (non-hydrogen) atoms. The second-order valence-corrected chi connectivity index (χ2v) is 9.77. The lowest BCUT2D eigenvalue weighted by Crippen LogP contribution is -2.37.